The second-order valence-corrected chi connectivity index (χ2v) is 3.84. The maximum atomic E-state index is 11.4. The average molecular weight is 198 g/mol. The van der Waals surface area contributed by atoms with Gasteiger partial charge in [0.25, 0.3) is 0 Å². The van der Waals surface area contributed by atoms with Gasteiger partial charge in [-0.15, -0.1) is 11.3 Å². The first-order valence-electron chi connectivity index (χ1n) is 4.44. The highest BCUT2D eigenvalue weighted by Gasteiger charge is 2.14. The van der Waals surface area contributed by atoms with Gasteiger partial charge in [0.1, 0.15) is 0 Å². The predicted octanol–water partition coefficient (Wildman–Crippen LogP) is 2.80. The Morgan fingerprint density at radius 1 is 1.54 bits per heavy atom. The van der Waals surface area contributed by atoms with Crippen LogP contribution in [0.25, 0.3) is 0 Å². The van der Waals surface area contributed by atoms with Gasteiger partial charge in [0.05, 0.1) is 12.2 Å². The lowest BCUT2D eigenvalue weighted by atomic mass is 10.1. The first-order chi connectivity index (χ1) is 6.20. The molecular weight excluding hydrogens is 184 g/mol. The Kier molecular flexibility index (Phi) is 3.48. The first-order valence-corrected chi connectivity index (χ1v) is 5.32. The molecule has 1 rings (SSSR count). The number of hydrogen-bond acceptors (Lipinski definition) is 3. The van der Waals surface area contributed by atoms with Crippen LogP contribution in [0.2, 0.25) is 0 Å². The number of hydrogen-bond donors (Lipinski definition) is 0. The second-order valence-electron chi connectivity index (χ2n) is 2.76. The quantitative estimate of drug-likeness (QED) is 0.698. The minimum absolute atomic E-state index is 0.191. The van der Waals surface area contributed by atoms with Gasteiger partial charge in [0, 0.05) is 10.3 Å². The Labute approximate surface area is 82.5 Å². The number of esters is 1. The van der Waals surface area contributed by atoms with Crippen molar-refractivity contribution in [2.75, 3.05) is 6.61 Å². The average Bonchev–Trinajstić information content (AvgIpc) is 2.47. The molecule has 0 aliphatic carbocycles. The summed E-state index contributed by atoms with van der Waals surface area (Å²) in [5, 5.41) is 1.88. The number of carbonyl (C=O) groups excluding carboxylic acids is 1. The lowest BCUT2D eigenvalue weighted by Crippen LogP contribution is -2.05. The van der Waals surface area contributed by atoms with Gasteiger partial charge in [-0.25, -0.2) is 4.79 Å². The molecule has 72 valence electrons. The lowest BCUT2D eigenvalue weighted by Gasteiger charge is -2.02. The molecule has 0 fully saturated rings. The van der Waals surface area contributed by atoms with Gasteiger partial charge < -0.3 is 4.74 Å². The molecule has 1 aromatic rings. The van der Waals surface area contributed by atoms with Crippen molar-refractivity contribution in [1.29, 1.82) is 0 Å². The topological polar surface area (TPSA) is 26.3 Å². The zero-order valence-corrected chi connectivity index (χ0v) is 9.03. The van der Waals surface area contributed by atoms with E-state index in [1.807, 2.05) is 19.2 Å². The largest absolute Gasteiger partial charge is 0.462 e. The molecule has 0 saturated heterocycles. The highest BCUT2D eigenvalue weighted by Crippen LogP contribution is 2.22. The van der Waals surface area contributed by atoms with Crippen LogP contribution in [0, 0.1) is 6.92 Å². The fourth-order valence-corrected chi connectivity index (χ4v) is 2.23. The van der Waals surface area contributed by atoms with E-state index in [0.717, 1.165) is 17.5 Å². The molecule has 1 heterocycles. The zero-order chi connectivity index (χ0) is 9.84. The summed E-state index contributed by atoms with van der Waals surface area (Å²) < 4.78 is 4.95. The van der Waals surface area contributed by atoms with Crippen molar-refractivity contribution in [3.05, 3.63) is 21.4 Å². The molecule has 1 aromatic heterocycles. The minimum atomic E-state index is -0.191. The molecule has 0 saturated carbocycles. The van der Waals surface area contributed by atoms with Gasteiger partial charge in [-0.3, -0.25) is 0 Å². The summed E-state index contributed by atoms with van der Waals surface area (Å²) >= 11 is 1.61. The van der Waals surface area contributed by atoms with Crippen molar-refractivity contribution >= 4 is 17.3 Å². The number of thiophene rings is 1. The van der Waals surface area contributed by atoms with E-state index >= 15 is 0 Å². The fourth-order valence-electron chi connectivity index (χ4n) is 1.30. The van der Waals surface area contributed by atoms with Crippen LogP contribution in [0.4, 0.5) is 0 Å². The van der Waals surface area contributed by atoms with Crippen LogP contribution >= 0.6 is 11.3 Å². The summed E-state index contributed by atoms with van der Waals surface area (Å²) in [6.45, 7) is 6.35. The summed E-state index contributed by atoms with van der Waals surface area (Å²) in [6, 6.07) is 0. The predicted molar refractivity (Wildman–Crippen MR) is 54.4 cm³/mol. The molecule has 0 spiro atoms. The summed E-state index contributed by atoms with van der Waals surface area (Å²) in [5.41, 5.74) is 1.87. The van der Waals surface area contributed by atoms with E-state index in [2.05, 4.69) is 6.92 Å². The van der Waals surface area contributed by atoms with Crippen LogP contribution in [-0.2, 0) is 11.2 Å². The maximum absolute atomic E-state index is 11.4. The van der Waals surface area contributed by atoms with Crippen molar-refractivity contribution in [2.24, 2.45) is 0 Å². The SMILES string of the molecule is CCOC(=O)c1csc(C)c1CC. The molecule has 0 unspecified atom stereocenters. The highest BCUT2D eigenvalue weighted by molar-refractivity contribution is 7.10. The number of rotatable bonds is 3. The van der Waals surface area contributed by atoms with Crippen molar-refractivity contribution in [3.8, 4) is 0 Å². The molecule has 0 radical (unpaired) electrons. The monoisotopic (exact) mass is 198 g/mol. The molecule has 13 heavy (non-hydrogen) atoms. The maximum Gasteiger partial charge on any atom is 0.339 e. The van der Waals surface area contributed by atoms with Crippen molar-refractivity contribution in [1.82, 2.24) is 0 Å². The Morgan fingerprint density at radius 2 is 2.23 bits per heavy atom. The Hall–Kier alpha value is -0.830. The van der Waals surface area contributed by atoms with Gasteiger partial charge in [0.2, 0.25) is 0 Å². The number of carbonyl (C=O) groups is 1. The van der Waals surface area contributed by atoms with E-state index < -0.39 is 0 Å². The van der Waals surface area contributed by atoms with Gasteiger partial charge >= 0.3 is 5.97 Å². The molecule has 3 heteroatoms. The Bertz CT molecular complexity index is 302. The summed E-state index contributed by atoms with van der Waals surface area (Å²) in [5.74, 6) is -0.191. The normalized spacial score (nSPS) is 10.1. The van der Waals surface area contributed by atoms with Crippen molar-refractivity contribution < 1.29 is 9.53 Å². The minimum Gasteiger partial charge on any atom is -0.462 e. The number of aryl methyl sites for hydroxylation is 1. The second kappa shape index (κ2) is 4.42. The van der Waals surface area contributed by atoms with E-state index in [1.165, 1.54) is 4.88 Å². The third-order valence-electron chi connectivity index (χ3n) is 1.95. The van der Waals surface area contributed by atoms with E-state index in [-0.39, 0.29) is 5.97 Å². The molecule has 0 bridgehead atoms. The van der Waals surface area contributed by atoms with Crippen LogP contribution in [-0.4, -0.2) is 12.6 Å². The van der Waals surface area contributed by atoms with Crippen LogP contribution in [0.3, 0.4) is 0 Å². The first kappa shape index (κ1) is 10.3. The standard InChI is InChI=1S/C10H14O2S/c1-4-8-7(3)13-6-9(8)10(11)12-5-2/h6H,4-5H2,1-3H3. The Morgan fingerprint density at radius 3 is 2.77 bits per heavy atom. The molecule has 0 atom stereocenters. The summed E-state index contributed by atoms with van der Waals surface area (Å²) in [4.78, 5) is 12.6. The summed E-state index contributed by atoms with van der Waals surface area (Å²) in [7, 11) is 0. The van der Waals surface area contributed by atoms with E-state index in [0.29, 0.717) is 6.61 Å². The molecule has 0 aromatic carbocycles. The van der Waals surface area contributed by atoms with Crippen LogP contribution in [0.15, 0.2) is 5.38 Å². The van der Waals surface area contributed by atoms with E-state index in [1.54, 1.807) is 11.3 Å². The Balaban J connectivity index is 2.93. The third kappa shape index (κ3) is 2.10. The molecular formula is C10H14O2S. The van der Waals surface area contributed by atoms with Crippen LogP contribution in [0.1, 0.15) is 34.6 Å². The van der Waals surface area contributed by atoms with Gasteiger partial charge in [0.15, 0.2) is 0 Å². The fraction of sp³-hybridized carbons (Fsp3) is 0.500. The molecule has 0 amide bonds. The van der Waals surface area contributed by atoms with Crippen LogP contribution < -0.4 is 0 Å². The number of ether oxygens (including phenoxy) is 1. The summed E-state index contributed by atoms with van der Waals surface area (Å²) in [6.07, 6.45) is 0.892. The zero-order valence-electron chi connectivity index (χ0n) is 8.22. The van der Waals surface area contributed by atoms with Gasteiger partial charge in [-0.1, -0.05) is 6.92 Å². The van der Waals surface area contributed by atoms with Crippen LogP contribution in [0.5, 0.6) is 0 Å². The highest BCUT2D eigenvalue weighted by atomic mass is 32.1. The van der Waals surface area contributed by atoms with Crippen molar-refractivity contribution in [3.63, 3.8) is 0 Å². The smallest absolute Gasteiger partial charge is 0.339 e. The van der Waals surface area contributed by atoms with E-state index in [4.69, 9.17) is 4.74 Å². The van der Waals surface area contributed by atoms with Gasteiger partial charge in [-0.2, -0.15) is 0 Å². The molecule has 0 aliphatic heterocycles. The molecule has 0 N–H and O–H groups in total. The molecule has 0 aliphatic rings. The lowest BCUT2D eigenvalue weighted by molar-refractivity contribution is 0.0526. The van der Waals surface area contributed by atoms with E-state index in [9.17, 15) is 4.79 Å². The third-order valence-corrected chi connectivity index (χ3v) is 2.91. The van der Waals surface area contributed by atoms with Gasteiger partial charge in [-0.05, 0) is 25.8 Å². The molecule has 2 nitrogen and oxygen atoms in total. The van der Waals surface area contributed by atoms with Crippen molar-refractivity contribution in [2.45, 2.75) is 27.2 Å².